The Hall–Kier alpha value is -3.19. The van der Waals surface area contributed by atoms with Crippen LogP contribution in [0.5, 0.6) is 5.75 Å². The lowest BCUT2D eigenvalue weighted by atomic mass is 10.0. The summed E-state index contributed by atoms with van der Waals surface area (Å²) in [5, 5.41) is 0. The lowest BCUT2D eigenvalue weighted by Crippen LogP contribution is -2.07. The minimum absolute atomic E-state index is 0.0372. The predicted octanol–water partition coefficient (Wildman–Crippen LogP) is 9.37. The normalized spacial score (nSPS) is 12.5. The number of carbonyl (C=O) groups is 1. The summed E-state index contributed by atoms with van der Waals surface area (Å²) in [5.41, 5.74) is 3.66. The summed E-state index contributed by atoms with van der Waals surface area (Å²) < 4.78 is 59.3. The number of ketones is 1. The van der Waals surface area contributed by atoms with E-state index in [0.29, 0.717) is 23.8 Å². The van der Waals surface area contributed by atoms with E-state index in [1.807, 2.05) is 44.2 Å². The molecule has 3 aromatic rings. The number of hydrogen-bond acceptors (Lipinski definition) is 2. The SMILES string of the molecule is CC(=O)c1cccc(C/C(C)=C\C/C=C(\C)c2cc(Br)ccc2OCc2ccc(C(F)(F)F)cc2F)c1. The minimum Gasteiger partial charge on any atom is -0.488 e. The van der Waals surface area contributed by atoms with Gasteiger partial charge in [0.2, 0.25) is 0 Å². The molecule has 0 aliphatic rings. The van der Waals surface area contributed by atoms with Crippen molar-refractivity contribution in [2.24, 2.45) is 0 Å². The van der Waals surface area contributed by atoms with Crippen molar-refractivity contribution in [2.75, 3.05) is 0 Å². The fourth-order valence-corrected chi connectivity index (χ4v) is 4.13. The van der Waals surface area contributed by atoms with Crippen molar-refractivity contribution in [1.29, 1.82) is 0 Å². The monoisotopic (exact) mass is 574 g/mol. The number of rotatable bonds is 9. The molecule has 0 aliphatic carbocycles. The molecule has 3 rings (SSSR count). The quantitative estimate of drug-likeness (QED) is 0.144. The van der Waals surface area contributed by atoms with E-state index in [-0.39, 0.29) is 18.0 Å². The van der Waals surface area contributed by atoms with E-state index < -0.39 is 17.6 Å². The van der Waals surface area contributed by atoms with Gasteiger partial charge in [0.05, 0.1) is 5.56 Å². The third-order valence-electron chi connectivity index (χ3n) is 5.84. The molecule has 0 fully saturated rings. The highest BCUT2D eigenvalue weighted by molar-refractivity contribution is 9.10. The maximum atomic E-state index is 14.2. The summed E-state index contributed by atoms with van der Waals surface area (Å²) in [7, 11) is 0. The first-order valence-corrected chi connectivity index (χ1v) is 12.4. The molecular weight excluding hydrogens is 548 g/mol. The Morgan fingerprint density at radius 2 is 1.73 bits per heavy atom. The van der Waals surface area contributed by atoms with Gasteiger partial charge in [0.25, 0.3) is 0 Å². The van der Waals surface area contributed by atoms with Crippen LogP contribution in [0.25, 0.3) is 5.57 Å². The van der Waals surface area contributed by atoms with Gasteiger partial charge in [0.15, 0.2) is 5.78 Å². The van der Waals surface area contributed by atoms with Crippen molar-refractivity contribution in [3.63, 3.8) is 0 Å². The number of hydrogen-bond donors (Lipinski definition) is 0. The molecule has 0 saturated heterocycles. The molecule has 194 valence electrons. The van der Waals surface area contributed by atoms with Crippen molar-refractivity contribution < 1.29 is 27.1 Å². The van der Waals surface area contributed by atoms with Gasteiger partial charge in [-0.1, -0.05) is 57.9 Å². The molecule has 0 radical (unpaired) electrons. The average molecular weight is 575 g/mol. The van der Waals surface area contributed by atoms with Gasteiger partial charge in [-0.05, 0) is 81.1 Å². The first-order valence-electron chi connectivity index (χ1n) is 11.6. The van der Waals surface area contributed by atoms with Gasteiger partial charge in [-0.25, -0.2) is 4.39 Å². The lowest BCUT2D eigenvalue weighted by molar-refractivity contribution is -0.137. The Bertz CT molecular complexity index is 1340. The van der Waals surface area contributed by atoms with Crippen molar-refractivity contribution >= 4 is 27.3 Å². The van der Waals surface area contributed by atoms with Gasteiger partial charge in [0, 0.05) is 21.2 Å². The molecule has 3 aromatic carbocycles. The highest BCUT2D eigenvalue weighted by Crippen LogP contribution is 2.32. The molecule has 0 aliphatic heterocycles. The zero-order chi connectivity index (χ0) is 27.2. The molecule has 0 aromatic heterocycles. The van der Waals surface area contributed by atoms with Crippen LogP contribution in [0.3, 0.4) is 0 Å². The Kier molecular flexibility index (Phi) is 9.49. The van der Waals surface area contributed by atoms with Crippen LogP contribution in [0, 0.1) is 5.82 Å². The second-order valence-electron chi connectivity index (χ2n) is 8.84. The van der Waals surface area contributed by atoms with Gasteiger partial charge in [-0.3, -0.25) is 4.79 Å². The van der Waals surface area contributed by atoms with E-state index in [1.54, 1.807) is 25.1 Å². The van der Waals surface area contributed by atoms with Crippen molar-refractivity contribution in [3.05, 3.63) is 116 Å². The smallest absolute Gasteiger partial charge is 0.416 e. The number of halogens is 5. The van der Waals surface area contributed by atoms with E-state index >= 15 is 0 Å². The summed E-state index contributed by atoms with van der Waals surface area (Å²) in [6.07, 6.45) is 0.955. The maximum absolute atomic E-state index is 14.2. The van der Waals surface area contributed by atoms with Gasteiger partial charge >= 0.3 is 6.18 Å². The van der Waals surface area contributed by atoms with Gasteiger partial charge in [-0.15, -0.1) is 0 Å². The van der Waals surface area contributed by atoms with E-state index in [0.717, 1.165) is 45.3 Å². The molecule has 0 heterocycles. The third kappa shape index (κ3) is 8.15. The van der Waals surface area contributed by atoms with Crippen molar-refractivity contribution in [2.45, 2.75) is 46.4 Å². The Morgan fingerprint density at radius 3 is 2.41 bits per heavy atom. The average Bonchev–Trinajstić information content (AvgIpc) is 2.83. The summed E-state index contributed by atoms with van der Waals surface area (Å²) in [6.45, 7) is 5.32. The van der Waals surface area contributed by atoms with E-state index in [4.69, 9.17) is 4.74 Å². The molecule has 0 amide bonds. The fourth-order valence-electron chi connectivity index (χ4n) is 3.77. The number of Topliss-reactive ketones (excluding diaryl/α,β-unsaturated/α-hetero) is 1. The van der Waals surface area contributed by atoms with Gasteiger partial charge < -0.3 is 4.74 Å². The van der Waals surface area contributed by atoms with Crippen LogP contribution in [-0.4, -0.2) is 5.78 Å². The number of allylic oxidation sites excluding steroid dienone is 4. The molecule has 0 bridgehead atoms. The van der Waals surface area contributed by atoms with Crippen LogP contribution >= 0.6 is 15.9 Å². The first kappa shape index (κ1) is 28.4. The highest BCUT2D eigenvalue weighted by Gasteiger charge is 2.31. The van der Waals surface area contributed by atoms with Gasteiger partial charge in [0.1, 0.15) is 18.2 Å². The van der Waals surface area contributed by atoms with E-state index in [9.17, 15) is 22.4 Å². The number of benzene rings is 3. The van der Waals surface area contributed by atoms with Gasteiger partial charge in [-0.2, -0.15) is 13.2 Å². The minimum atomic E-state index is -4.60. The topological polar surface area (TPSA) is 26.3 Å². The zero-order valence-corrected chi connectivity index (χ0v) is 22.3. The summed E-state index contributed by atoms with van der Waals surface area (Å²) >= 11 is 3.46. The molecular formula is C30H27BrF4O2. The van der Waals surface area contributed by atoms with Crippen molar-refractivity contribution in [1.82, 2.24) is 0 Å². The molecule has 0 N–H and O–H groups in total. The highest BCUT2D eigenvalue weighted by atomic mass is 79.9. The predicted molar refractivity (Wildman–Crippen MR) is 142 cm³/mol. The Balaban J connectivity index is 1.71. The number of carbonyl (C=O) groups excluding carboxylic acids is 1. The second kappa shape index (κ2) is 12.4. The number of alkyl halides is 3. The van der Waals surface area contributed by atoms with Crippen LogP contribution in [-0.2, 0) is 19.2 Å². The van der Waals surface area contributed by atoms with Crippen LogP contribution < -0.4 is 4.74 Å². The van der Waals surface area contributed by atoms with Crippen molar-refractivity contribution in [3.8, 4) is 5.75 Å². The largest absolute Gasteiger partial charge is 0.488 e. The molecule has 7 heteroatoms. The summed E-state index contributed by atoms with van der Waals surface area (Å²) in [5.74, 6) is -0.427. The van der Waals surface area contributed by atoms with Crippen LogP contribution in [0.4, 0.5) is 17.6 Å². The van der Waals surface area contributed by atoms with Crippen LogP contribution in [0.15, 0.2) is 82.9 Å². The van der Waals surface area contributed by atoms with E-state index in [2.05, 4.69) is 22.0 Å². The molecule has 0 atom stereocenters. The standard InChI is InChI=1S/C30H27BrF4O2/c1-19(14-22-8-5-9-23(15-22)21(3)36)6-4-7-20(2)27-17-26(31)12-13-29(27)37-18-24-10-11-25(16-28(24)32)30(33,34)35/h5-13,15-17H,4,14,18H2,1-3H3/b19-6-,20-7+. The fraction of sp³-hybridized carbons (Fsp3) is 0.233. The number of ether oxygens (including phenoxy) is 1. The van der Waals surface area contributed by atoms with E-state index in [1.165, 1.54) is 0 Å². The summed E-state index contributed by atoms with van der Waals surface area (Å²) in [6, 6.07) is 15.4. The summed E-state index contributed by atoms with van der Waals surface area (Å²) in [4.78, 5) is 11.6. The zero-order valence-electron chi connectivity index (χ0n) is 20.8. The lowest BCUT2D eigenvalue weighted by Gasteiger charge is -2.14. The Morgan fingerprint density at radius 1 is 0.973 bits per heavy atom. The molecule has 2 nitrogen and oxygen atoms in total. The maximum Gasteiger partial charge on any atom is 0.416 e. The second-order valence-corrected chi connectivity index (χ2v) is 9.76. The molecule has 0 saturated carbocycles. The molecule has 0 spiro atoms. The molecule has 0 unspecified atom stereocenters. The first-order chi connectivity index (χ1) is 17.4. The third-order valence-corrected chi connectivity index (χ3v) is 6.33. The molecule has 37 heavy (non-hydrogen) atoms. The van der Waals surface area contributed by atoms with Crippen LogP contribution in [0.1, 0.15) is 59.8 Å². The van der Waals surface area contributed by atoms with Crippen LogP contribution in [0.2, 0.25) is 0 Å². The Labute approximate surface area is 222 Å².